The normalized spacial score (nSPS) is 18.8. The number of aromatic nitrogens is 5. The van der Waals surface area contributed by atoms with E-state index in [-0.39, 0.29) is 11.9 Å². The van der Waals surface area contributed by atoms with Gasteiger partial charge in [-0.15, -0.1) is 0 Å². The second-order valence-corrected chi connectivity index (χ2v) is 8.81. The van der Waals surface area contributed by atoms with Crippen LogP contribution in [0.1, 0.15) is 12.0 Å². The number of aliphatic hydroxyl groups excluding tert-OH is 1. The minimum absolute atomic E-state index is 0.150. The lowest BCUT2D eigenvalue weighted by molar-refractivity contribution is 0.128. The molecule has 2 atom stereocenters. The van der Waals surface area contributed by atoms with E-state index >= 15 is 0 Å². The van der Waals surface area contributed by atoms with E-state index in [9.17, 15) is 13.9 Å². The minimum Gasteiger partial charge on any atom is -0.390 e. The maximum Gasteiger partial charge on any atom is 0.168 e. The molecule has 37 heavy (non-hydrogen) atoms. The average Bonchev–Trinajstić information content (AvgIpc) is 2.86. The summed E-state index contributed by atoms with van der Waals surface area (Å²) >= 11 is 0. The van der Waals surface area contributed by atoms with Gasteiger partial charge in [-0.1, -0.05) is 18.2 Å². The van der Waals surface area contributed by atoms with Crippen LogP contribution in [0, 0.1) is 11.6 Å². The molecule has 1 aliphatic carbocycles. The summed E-state index contributed by atoms with van der Waals surface area (Å²) in [6, 6.07) is 3.94. The van der Waals surface area contributed by atoms with Gasteiger partial charge in [-0.25, -0.2) is 28.7 Å². The van der Waals surface area contributed by atoms with Crippen molar-refractivity contribution in [2.45, 2.75) is 18.6 Å². The van der Waals surface area contributed by atoms with Gasteiger partial charge in [0.25, 0.3) is 0 Å². The maximum atomic E-state index is 14.1. The van der Waals surface area contributed by atoms with Crippen LogP contribution in [0.4, 0.5) is 26.2 Å². The molecular weight excluding hydrogens is 478 g/mol. The molecule has 0 unspecified atom stereocenters. The molecule has 4 N–H and O–H groups in total. The highest BCUT2D eigenvalue weighted by atomic mass is 19.1. The van der Waals surface area contributed by atoms with Gasteiger partial charge in [0, 0.05) is 36.1 Å². The summed E-state index contributed by atoms with van der Waals surface area (Å²) in [5.41, 5.74) is 3.16. The van der Waals surface area contributed by atoms with Crippen LogP contribution in [-0.2, 0) is 0 Å². The number of β-amino-alcohol motifs (C(OH)–C–C–N with tert-alkyl or cyclic N) is 1. The molecule has 6 rings (SSSR count). The third-order valence-electron chi connectivity index (χ3n) is 6.31. The van der Waals surface area contributed by atoms with Crippen molar-refractivity contribution in [3.63, 3.8) is 0 Å². The predicted molar refractivity (Wildman–Crippen MR) is 136 cm³/mol. The van der Waals surface area contributed by atoms with Crippen molar-refractivity contribution >= 4 is 33.9 Å². The Morgan fingerprint density at radius 2 is 1.95 bits per heavy atom. The molecule has 0 spiro atoms. The van der Waals surface area contributed by atoms with Crippen LogP contribution in [0.15, 0.2) is 61.2 Å². The third-order valence-corrected chi connectivity index (χ3v) is 6.31. The lowest BCUT2D eigenvalue weighted by Gasteiger charge is -2.30. The van der Waals surface area contributed by atoms with Gasteiger partial charge in [0.1, 0.15) is 17.5 Å². The van der Waals surface area contributed by atoms with Crippen LogP contribution in [0.2, 0.25) is 0 Å². The second-order valence-electron chi connectivity index (χ2n) is 8.81. The van der Waals surface area contributed by atoms with E-state index in [2.05, 4.69) is 30.9 Å². The number of aliphatic hydroxyl groups is 1. The molecule has 2 aliphatic rings. The molecular formula is C26H22F2N8O. The molecule has 186 valence electrons. The summed E-state index contributed by atoms with van der Waals surface area (Å²) in [6.07, 6.45) is 12.0. The van der Waals surface area contributed by atoms with Gasteiger partial charge in [-0.2, -0.15) is 0 Å². The number of hydrogen-bond donors (Lipinski definition) is 4. The standard InChI is InChI=1S/C26H22F2N8O/c27-16-9-18(28)25(32-10-16)35-22-8-15(4-7-31-22)24-34-20-12-30-11-17(14-2-1-3-14)23(20)26(36-24)33-19-5-6-29-13-21(19)37/h1-4,7-12,19,21,29,37H,5-6,13H2,(H,31,32,35)(H,33,34,36)/t19-,21-/m1/s1. The Labute approximate surface area is 210 Å². The molecule has 0 saturated carbocycles. The van der Waals surface area contributed by atoms with Gasteiger partial charge < -0.3 is 21.1 Å². The van der Waals surface area contributed by atoms with Crippen LogP contribution in [0.3, 0.4) is 0 Å². The lowest BCUT2D eigenvalue weighted by atomic mass is 9.97. The zero-order valence-electron chi connectivity index (χ0n) is 19.5. The Bertz CT molecular complexity index is 1560. The van der Waals surface area contributed by atoms with Crippen molar-refractivity contribution in [3.05, 3.63) is 78.4 Å². The molecule has 1 aliphatic heterocycles. The number of halogens is 2. The molecule has 0 amide bonds. The van der Waals surface area contributed by atoms with Crippen molar-refractivity contribution in [2.24, 2.45) is 0 Å². The fraction of sp³-hybridized carbons (Fsp3) is 0.192. The third kappa shape index (κ3) is 4.61. The number of anilines is 3. The van der Waals surface area contributed by atoms with Gasteiger partial charge in [0.2, 0.25) is 0 Å². The summed E-state index contributed by atoms with van der Waals surface area (Å²) in [6.45, 7) is 1.27. The first-order chi connectivity index (χ1) is 18.0. The topological polar surface area (TPSA) is 121 Å². The number of pyridine rings is 3. The van der Waals surface area contributed by atoms with Gasteiger partial charge in [0.05, 0.1) is 35.4 Å². The van der Waals surface area contributed by atoms with Crippen LogP contribution in [-0.4, -0.2) is 55.3 Å². The Kier molecular flexibility index (Phi) is 5.99. The van der Waals surface area contributed by atoms with E-state index in [1.807, 2.05) is 18.2 Å². The molecule has 0 radical (unpaired) electrons. The largest absolute Gasteiger partial charge is 0.390 e. The molecule has 1 fully saturated rings. The van der Waals surface area contributed by atoms with E-state index < -0.39 is 17.7 Å². The van der Waals surface area contributed by atoms with Crippen LogP contribution < -0.4 is 16.0 Å². The number of nitrogens with zero attached hydrogens (tertiary/aromatic N) is 5. The number of piperidine rings is 1. The molecule has 0 bridgehead atoms. The molecule has 9 nitrogen and oxygen atoms in total. The predicted octanol–water partition coefficient (Wildman–Crippen LogP) is 3.59. The van der Waals surface area contributed by atoms with E-state index in [1.165, 1.54) is 6.20 Å². The van der Waals surface area contributed by atoms with Gasteiger partial charge in [-0.3, -0.25) is 4.98 Å². The smallest absolute Gasteiger partial charge is 0.168 e. The fourth-order valence-electron chi connectivity index (χ4n) is 4.36. The van der Waals surface area contributed by atoms with Crippen molar-refractivity contribution < 1.29 is 13.9 Å². The Morgan fingerprint density at radius 1 is 1.05 bits per heavy atom. The Balaban J connectivity index is 1.42. The fourth-order valence-corrected chi connectivity index (χ4v) is 4.36. The first-order valence-corrected chi connectivity index (χ1v) is 11.8. The zero-order valence-corrected chi connectivity index (χ0v) is 19.5. The molecule has 4 aromatic rings. The highest BCUT2D eigenvalue weighted by Crippen LogP contribution is 2.34. The maximum absolute atomic E-state index is 14.1. The van der Waals surface area contributed by atoms with Gasteiger partial charge >= 0.3 is 0 Å². The highest BCUT2D eigenvalue weighted by Gasteiger charge is 2.25. The molecule has 4 aromatic heterocycles. The van der Waals surface area contributed by atoms with E-state index in [0.717, 1.165) is 41.8 Å². The Morgan fingerprint density at radius 3 is 2.73 bits per heavy atom. The number of hydrogen-bond acceptors (Lipinski definition) is 9. The Hall–Kier alpha value is -4.35. The summed E-state index contributed by atoms with van der Waals surface area (Å²) in [5.74, 6) is -0.480. The second kappa shape index (κ2) is 9.60. The van der Waals surface area contributed by atoms with E-state index in [0.29, 0.717) is 35.1 Å². The number of allylic oxidation sites excluding steroid dienone is 4. The summed E-state index contributed by atoms with van der Waals surface area (Å²) in [5, 5.41) is 20.8. The first-order valence-electron chi connectivity index (χ1n) is 11.8. The highest BCUT2D eigenvalue weighted by molar-refractivity contribution is 6.02. The van der Waals surface area contributed by atoms with Gasteiger partial charge in [0.15, 0.2) is 17.5 Å². The average molecular weight is 501 g/mol. The van der Waals surface area contributed by atoms with Gasteiger partial charge in [-0.05, 0) is 30.7 Å². The first kappa shape index (κ1) is 23.1. The summed E-state index contributed by atoms with van der Waals surface area (Å²) < 4.78 is 27.3. The van der Waals surface area contributed by atoms with Crippen molar-refractivity contribution in [1.82, 2.24) is 30.2 Å². The molecule has 5 heterocycles. The van der Waals surface area contributed by atoms with Crippen LogP contribution in [0.5, 0.6) is 0 Å². The molecule has 1 saturated heterocycles. The summed E-state index contributed by atoms with van der Waals surface area (Å²) in [4.78, 5) is 22.0. The lowest BCUT2D eigenvalue weighted by Crippen LogP contribution is -2.47. The van der Waals surface area contributed by atoms with E-state index in [1.54, 1.807) is 24.5 Å². The monoisotopic (exact) mass is 500 g/mol. The number of rotatable bonds is 6. The van der Waals surface area contributed by atoms with Crippen LogP contribution >= 0.6 is 0 Å². The molecule has 0 aromatic carbocycles. The minimum atomic E-state index is -0.834. The zero-order chi connectivity index (χ0) is 25.4. The quantitative estimate of drug-likeness (QED) is 0.315. The SMILES string of the molecule is O[C@@H]1CNCC[C@H]1Nc1nc(-c2ccnc(Nc3ncc(F)cc3F)c2)nc2cncc(C3=CC=C3)c12. The number of fused-ring (bicyclic) bond motifs is 1. The number of nitrogens with one attached hydrogen (secondary N) is 3. The molecule has 11 heteroatoms. The van der Waals surface area contributed by atoms with Crippen molar-refractivity contribution in [3.8, 4) is 11.4 Å². The van der Waals surface area contributed by atoms with E-state index in [4.69, 9.17) is 9.97 Å². The van der Waals surface area contributed by atoms with Crippen molar-refractivity contribution in [1.29, 1.82) is 0 Å². The van der Waals surface area contributed by atoms with Crippen molar-refractivity contribution in [2.75, 3.05) is 23.7 Å². The van der Waals surface area contributed by atoms with Crippen LogP contribution in [0.25, 0.3) is 27.9 Å². The summed E-state index contributed by atoms with van der Waals surface area (Å²) in [7, 11) is 0.